The highest BCUT2D eigenvalue weighted by Gasteiger charge is 2.49. The third-order valence-electron chi connectivity index (χ3n) is 5.85. The normalized spacial score (nSPS) is 22.9. The van der Waals surface area contributed by atoms with Gasteiger partial charge in [-0.25, -0.2) is 9.18 Å². The number of nitrogens with one attached hydrogen (secondary N) is 1. The van der Waals surface area contributed by atoms with Gasteiger partial charge in [0, 0.05) is 23.1 Å². The molecule has 1 saturated heterocycles. The van der Waals surface area contributed by atoms with Crippen molar-refractivity contribution in [1.82, 2.24) is 10.2 Å². The highest BCUT2D eigenvalue weighted by atomic mass is 19.3. The summed E-state index contributed by atoms with van der Waals surface area (Å²) in [5, 5.41) is 20.7. The molecule has 0 bridgehead atoms. The Hall–Kier alpha value is -3.40. The molecule has 10 heteroatoms. The Kier molecular flexibility index (Phi) is 5.20. The lowest BCUT2D eigenvalue weighted by Gasteiger charge is -2.22. The number of aliphatic carboxylic acids is 1. The molecule has 2 aromatic rings. The average molecular weight is 448 g/mol. The third-order valence-corrected chi connectivity index (χ3v) is 5.85. The van der Waals surface area contributed by atoms with Gasteiger partial charge in [-0.15, -0.1) is 0 Å². The molecule has 1 fully saturated rings. The number of alkyl halides is 3. The molecule has 2 aromatic carbocycles. The van der Waals surface area contributed by atoms with Crippen LogP contribution in [-0.2, 0) is 15.5 Å². The first-order chi connectivity index (χ1) is 15.1. The van der Waals surface area contributed by atoms with Crippen molar-refractivity contribution in [3.05, 3.63) is 59.2 Å². The third kappa shape index (κ3) is 3.50. The topological polar surface area (TPSA) is 107 Å². The lowest BCUT2D eigenvalue weighted by atomic mass is 10.0. The summed E-state index contributed by atoms with van der Waals surface area (Å²) in [6.45, 7) is -2.16. The summed E-state index contributed by atoms with van der Waals surface area (Å²) in [5.74, 6) is -6.18. The fourth-order valence-corrected chi connectivity index (χ4v) is 4.21. The molecule has 32 heavy (non-hydrogen) atoms. The van der Waals surface area contributed by atoms with Gasteiger partial charge in [0.2, 0.25) is 5.91 Å². The number of amides is 2. The second-order valence-electron chi connectivity index (χ2n) is 7.95. The summed E-state index contributed by atoms with van der Waals surface area (Å²) < 4.78 is 43.7. The van der Waals surface area contributed by atoms with E-state index in [0.29, 0.717) is 5.56 Å². The maximum absolute atomic E-state index is 14.6. The number of rotatable bonds is 5. The Balaban J connectivity index is 1.49. The minimum Gasteiger partial charge on any atom is -0.480 e. The Morgan fingerprint density at radius 3 is 2.44 bits per heavy atom. The van der Waals surface area contributed by atoms with E-state index >= 15 is 0 Å². The molecule has 1 aliphatic heterocycles. The molecular formula is C22H19F3N2O5. The first-order valence-electron chi connectivity index (χ1n) is 9.80. The minimum absolute atomic E-state index is 0.0375. The summed E-state index contributed by atoms with van der Waals surface area (Å²) in [4.78, 5) is 37.1. The van der Waals surface area contributed by atoms with E-state index in [1.165, 1.54) is 30.3 Å². The van der Waals surface area contributed by atoms with Crippen molar-refractivity contribution < 1.29 is 37.8 Å². The van der Waals surface area contributed by atoms with E-state index in [1.807, 2.05) is 0 Å². The summed E-state index contributed by atoms with van der Waals surface area (Å²) in [7, 11) is 0. The highest BCUT2D eigenvalue weighted by molar-refractivity contribution is 5.99. The SMILES string of the molecule is O=C(NCC(=O)N1C[C@@](F)(CO)C[C@H]1C(=O)O)c1ccc2c(c1)-c1ccccc1C2(F)F. The zero-order valence-electron chi connectivity index (χ0n) is 16.6. The van der Waals surface area contributed by atoms with Crippen LogP contribution in [0.15, 0.2) is 42.5 Å². The summed E-state index contributed by atoms with van der Waals surface area (Å²) in [5.41, 5.74) is -2.06. The summed E-state index contributed by atoms with van der Waals surface area (Å²) in [6.07, 6.45) is -0.559. The molecule has 1 heterocycles. The van der Waals surface area contributed by atoms with Gasteiger partial charge in [0.25, 0.3) is 11.8 Å². The Morgan fingerprint density at radius 2 is 1.75 bits per heavy atom. The number of aliphatic hydroxyl groups excluding tert-OH is 1. The van der Waals surface area contributed by atoms with Crippen molar-refractivity contribution in [1.29, 1.82) is 0 Å². The van der Waals surface area contributed by atoms with Crippen LogP contribution in [0.25, 0.3) is 11.1 Å². The number of aliphatic hydroxyl groups is 1. The Morgan fingerprint density at radius 1 is 1.06 bits per heavy atom. The van der Waals surface area contributed by atoms with Gasteiger partial charge >= 0.3 is 5.97 Å². The van der Waals surface area contributed by atoms with Crippen molar-refractivity contribution in [2.75, 3.05) is 19.7 Å². The molecule has 0 unspecified atom stereocenters. The van der Waals surface area contributed by atoms with Gasteiger partial charge in [-0.1, -0.05) is 30.3 Å². The predicted molar refractivity (Wildman–Crippen MR) is 106 cm³/mol. The molecule has 4 rings (SSSR count). The first-order valence-corrected chi connectivity index (χ1v) is 9.80. The molecule has 2 aliphatic rings. The van der Waals surface area contributed by atoms with Gasteiger partial charge in [-0.2, -0.15) is 8.78 Å². The zero-order valence-corrected chi connectivity index (χ0v) is 16.6. The summed E-state index contributed by atoms with van der Waals surface area (Å²) >= 11 is 0. The number of hydrogen-bond acceptors (Lipinski definition) is 4. The fraction of sp³-hybridized carbons (Fsp3) is 0.318. The first kappa shape index (κ1) is 21.8. The zero-order chi connectivity index (χ0) is 23.3. The van der Waals surface area contributed by atoms with Crippen LogP contribution in [0.2, 0.25) is 0 Å². The van der Waals surface area contributed by atoms with Crippen LogP contribution in [0.3, 0.4) is 0 Å². The van der Waals surface area contributed by atoms with E-state index in [4.69, 9.17) is 5.11 Å². The van der Waals surface area contributed by atoms with E-state index in [1.54, 1.807) is 6.07 Å². The number of halogens is 3. The highest BCUT2D eigenvalue weighted by Crippen LogP contribution is 2.50. The van der Waals surface area contributed by atoms with Gasteiger partial charge in [0.15, 0.2) is 5.67 Å². The number of carboxylic acid groups (broad SMARTS) is 1. The molecule has 3 N–H and O–H groups in total. The number of carbonyl (C=O) groups is 3. The lowest BCUT2D eigenvalue weighted by Crippen LogP contribution is -2.46. The molecule has 0 aromatic heterocycles. The monoisotopic (exact) mass is 448 g/mol. The van der Waals surface area contributed by atoms with Crippen LogP contribution in [0.1, 0.15) is 27.9 Å². The molecule has 2 atom stereocenters. The molecule has 168 valence electrons. The van der Waals surface area contributed by atoms with Gasteiger partial charge in [0.1, 0.15) is 6.04 Å². The molecule has 1 aliphatic carbocycles. The van der Waals surface area contributed by atoms with E-state index in [-0.39, 0.29) is 22.3 Å². The van der Waals surface area contributed by atoms with Gasteiger partial charge < -0.3 is 20.4 Å². The molecule has 0 saturated carbocycles. The number of likely N-dealkylation sites (tertiary alicyclic amines) is 1. The maximum atomic E-state index is 14.6. The molecule has 0 spiro atoms. The number of nitrogens with zero attached hydrogens (tertiary/aromatic N) is 1. The van der Waals surface area contributed by atoms with Crippen molar-refractivity contribution in [3.8, 4) is 11.1 Å². The fourth-order valence-electron chi connectivity index (χ4n) is 4.21. The van der Waals surface area contributed by atoms with Gasteiger partial charge in [-0.05, 0) is 23.3 Å². The van der Waals surface area contributed by atoms with Crippen LogP contribution < -0.4 is 5.32 Å². The number of carbonyl (C=O) groups excluding carboxylic acids is 2. The van der Waals surface area contributed by atoms with Crippen LogP contribution >= 0.6 is 0 Å². The lowest BCUT2D eigenvalue weighted by molar-refractivity contribution is -0.147. The van der Waals surface area contributed by atoms with Gasteiger partial charge in [0.05, 0.1) is 19.7 Å². The van der Waals surface area contributed by atoms with Crippen LogP contribution in [0.4, 0.5) is 13.2 Å². The Bertz CT molecular complexity index is 1120. The van der Waals surface area contributed by atoms with E-state index in [0.717, 1.165) is 11.0 Å². The van der Waals surface area contributed by atoms with Crippen molar-refractivity contribution in [3.63, 3.8) is 0 Å². The second kappa shape index (κ2) is 7.63. The predicted octanol–water partition coefficient (Wildman–Crippen LogP) is 1.92. The average Bonchev–Trinajstić information content (AvgIpc) is 3.25. The Labute approximate surface area is 180 Å². The number of hydrogen-bond donors (Lipinski definition) is 3. The standard InChI is InChI=1S/C22H19F3N2O5/c23-21(11-28)8-17(20(31)32)27(10-21)18(29)9-26-19(30)12-5-6-16-14(7-12)13-3-1-2-4-15(13)22(16,24)25/h1-7,17,28H,8-11H2,(H,26,30)(H,31,32)/t17-,21+/m0/s1. The summed E-state index contributed by atoms with van der Waals surface area (Å²) in [6, 6.07) is 8.19. The minimum atomic E-state index is -3.19. The smallest absolute Gasteiger partial charge is 0.326 e. The molecule has 0 radical (unpaired) electrons. The van der Waals surface area contributed by atoms with Crippen LogP contribution in [-0.4, -0.2) is 64.3 Å². The molecule has 2 amide bonds. The van der Waals surface area contributed by atoms with E-state index in [2.05, 4.69) is 5.32 Å². The van der Waals surface area contributed by atoms with Crippen LogP contribution in [0.5, 0.6) is 0 Å². The molecule has 7 nitrogen and oxygen atoms in total. The van der Waals surface area contributed by atoms with Crippen molar-refractivity contribution in [2.45, 2.75) is 24.1 Å². The number of fused-ring (bicyclic) bond motifs is 3. The van der Waals surface area contributed by atoms with E-state index < -0.39 is 61.5 Å². The van der Waals surface area contributed by atoms with Crippen molar-refractivity contribution >= 4 is 17.8 Å². The van der Waals surface area contributed by atoms with Crippen LogP contribution in [0, 0.1) is 0 Å². The van der Waals surface area contributed by atoms with Gasteiger partial charge in [-0.3, -0.25) is 9.59 Å². The molecular weight excluding hydrogens is 429 g/mol. The van der Waals surface area contributed by atoms with Crippen molar-refractivity contribution in [2.24, 2.45) is 0 Å². The number of benzene rings is 2. The largest absolute Gasteiger partial charge is 0.480 e. The van der Waals surface area contributed by atoms with E-state index in [9.17, 15) is 32.7 Å². The number of carboxylic acids is 1. The second-order valence-corrected chi connectivity index (χ2v) is 7.95. The quantitative estimate of drug-likeness (QED) is 0.648. The maximum Gasteiger partial charge on any atom is 0.326 e.